The van der Waals surface area contributed by atoms with Crippen molar-refractivity contribution in [3.8, 4) is 5.69 Å². The maximum Gasteiger partial charge on any atom is 0.253 e. The van der Waals surface area contributed by atoms with Crippen molar-refractivity contribution < 1.29 is 4.79 Å². The average Bonchev–Trinajstić information content (AvgIpc) is 3.23. The highest BCUT2D eigenvalue weighted by Crippen LogP contribution is 2.28. The number of amides is 1. The van der Waals surface area contributed by atoms with Crippen molar-refractivity contribution >= 4 is 29.9 Å². The molecule has 1 aliphatic heterocycles. The number of benzene rings is 2. The van der Waals surface area contributed by atoms with Crippen LogP contribution in [0, 0.1) is 13.8 Å². The zero-order valence-corrected chi connectivity index (χ0v) is 18.0. The van der Waals surface area contributed by atoms with Crippen molar-refractivity contribution in [3.63, 3.8) is 0 Å². The predicted octanol–water partition coefficient (Wildman–Crippen LogP) is 4.13. The van der Waals surface area contributed by atoms with Crippen molar-refractivity contribution in [1.82, 2.24) is 14.7 Å². The van der Waals surface area contributed by atoms with Crippen molar-refractivity contribution in [2.45, 2.75) is 25.8 Å². The van der Waals surface area contributed by atoms with E-state index in [0.29, 0.717) is 23.7 Å². The number of nitrogens with zero attached hydrogens (tertiary/aromatic N) is 3. The minimum atomic E-state index is -0.0533. The van der Waals surface area contributed by atoms with E-state index in [0.717, 1.165) is 17.1 Å². The van der Waals surface area contributed by atoms with Gasteiger partial charge in [0.1, 0.15) is 0 Å². The largest absolute Gasteiger partial charge is 0.336 e. The zero-order valence-electron chi connectivity index (χ0n) is 16.4. The number of carbonyl (C=O) groups is 1. The van der Waals surface area contributed by atoms with Crippen LogP contribution in [0.3, 0.4) is 0 Å². The van der Waals surface area contributed by atoms with Gasteiger partial charge in [0.15, 0.2) is 0 Å². The molecule has 3 aromatic rings. The first-order valence-electron chi connectivity index (χ1n) is 9.37. The molecule has 2 heterocycles. The molecule has 0 spiro atoms. The van der Waals surface area contributed by atoms with Gasteiger partial charge in [-0.1, -0.05) is 41.9 Å². The quantitative estimate of drug-likeness (QED) is 0.678. The molecular formula is C22H24Cl2N4O. The molecule has 0 unspecified atom stereocenters. The third-order valence-electron chi connectivity index (χ3n) is 5.44. The van der Waals surface area contributed by atoms with Gasteiger partial charge in [-0.2, -0.15) is 5.10 Å². The fourth-order valence-electron chi connectivity index (χ4n) is 3.85. The number of halogens is 2. The molecule has 152 valence electrons. The van der Waals surface area contributed by atoms with Crippen molar-refractivity contribution in [2.75, 3.05) is 13.1 Å². The highest BCUT2D eigenvalue weighted by Gasteiger charge is 2.34. The summed E-state index contributed by atoms with van der Waals surface area (Å²) in [5, 5.41) is 5.12. The van der Waals surface area contributed by atoms with E-state index in [1.165, 1.54) is 5.56 Å². The molecule has 1 fully saturated rings. The van der Waals surface area contributed by atoms with Gasteiger partial charge in [0.25, 0.3) is 5.91 Å². The summed E-state index contributed by atoms with van der Waals surface area (Å²) in [6.45, 7) is 5.01. The molecule has 1 aliphatic rings. The molecule has 2 aromatic carbocycles. The van der Waals surface area contributed by atoms with Crippen LogP contribution < -0.4 is 5.73 Å². The fourth-order valence-corrected chi connectivity index (χ4v) is 3.97. The molecule has 2 N–H and O–H groups in total. The van der Waals surface area contributed by atoms with E-state index >= 15 is 0 Å². The normalized spacial score (nSPS) is 18.6. The Morgan fingerprint density at radius 1 is 1.07 bits per heavy atom. The molecule has 5 nitrogen and oxygen atoms in total. The number of hydrogen-bond donors (Lipinski definition) is 1. The Morgan fingerprint density at radius 3 is 2.31 bits per heavy atom. The van der Waals surface area contributed by atoms with E-state index < -0.39 is 0 Å². The Kier molecular flexibility index (Phi) is 6.32. The Labute approximate surface area is 181 Å². The lowest BCUT2D eigenvalue weighted by molar-refractivity contribution is 0.0789. The van der Waals surface area contributed by atoms with Gasteiger partial charge in [0, 0.05) is 30.6 Å². The van der Waals surface area contributed by atoms with E-state index in [4.69, 9.17) is 17.3 Å². The Morgan fingerprint density at radius 2 is 1.72 bits per heavy atom. The molecule has 2 atom stereocenters. The number of carbonyl (C=O) groups excluding carboxylic acids is 1. The third-order valence-corrected chi connectivity index (χ3v) is 5.99. The minimum Gasteiger partial charge on any atom is -0.336 e. The smallest absolute Gasteiger partial charge is 0.253 e. The van der Waals surface area contributed by atoms with E-state index in [-0.39, 0.29) is 30.3 Å². The van der Waals surface area contributed by atoms with Gasteiger partial charge in [0.2, 0.25) is 0 Å². The van der Waals surface area contributed by atoms with Crippen molar-refractivity contribution in [1.29, 1.82) is 0 Å². The molecule has 0 saturated carbocycles. The van der Waals surface area contributed by atoms with Crippen LogP contribution >= 0.6 is 24.0 Å². The summed E-state index contributed by atoms with van der Waals surface area (Å²) in [5.74, 6) is 0.174. The lowest BCUT2D eigenvalue weighted by atomic mass is 9.95. The molecule has 0 aliphatic carbocycles. The molecule has 7 heteroatoms. The fraction of sp³-hybridized carbons (Fsp3) is 0.273. The summed E-state index contributed by atoms with van der Waals surface area (Å²) in [6.07, 6.45) is 0. The Bertz CT molecular complexity index is 1000. The number of nitrogens with two attached hydrogens (primary N) is 1. The highest BCUT2D eigenvalue weighted by molar-refractivity contribution is 6.31. The monoisotopic (exact) mass is 430 g/mol. The van der Waals surface area contributed by atoms with Gasteiger partial charge in [-0.15, -0.1) is 12.4 Å². The second-order valence-electron chi connectivity index (χ2n) is 7.33. The van der Waals surface area contributed by atoms with Crippen LogP contribution in [0.2, 0.25) is 5.02 Å². The van der Waals surface area contributed by atoms with Gasteiger partial charge < -0.3 is 10.6 Å². The van der Waals surface area contributed by atoms with Gasteiger partial charge in [-0.05, 0) is 43.7 Å². The van der Waals surface area contributed by atoms with Crippen LogP contribution in [-0.2, 0) is 0 Å². The minimum absolute atomic E-state index is 0. The van der Waals surface area contributed by atoms with Crippen LogP contribution in [0.25, 0.3) is 5.69 Å². The van der Waals surface area contributed by atoms with Crippen LogP contribution in [0.4, 0.5) is 0 Å². The standard InChI is InChI=1S/C22H23ClN4O.ClH/c1-14-21(23)15(2)27(25-14)18-10-8-17(9-11-18)22(28)26-12-19(20(24)13-26)16-6-4-3-5-7-16;/h3-11,19-20H,12-13,24H2,1-2H3;1H/t19-,20+;/m0./s1. The number of aryl methyl sites for hydroxylation is 1. The first-order valence-corrected chi connectivity index (χ1v) is 9.75. The summed E-state index contributed by atoms with van der Waals surface area (Å²) < 4.78 is 1.79. The van der Waals surface area contributed by atoms with Crippen LogP contribution in [-0.4, -0.2) is 39.7 Å². The van der Waals surface area contributed by atoms with Crippen molar-refractivity contribution in [3.05, 3.63) is 82.1 Å². The first kappa shape index (κ1) is 21.4. The van der Waals surface area contributed by atoms with Crippen LogP contribution in [0.1, 0.15) is 33.2 Å². The van der Waals surface area contributed by atoms with E-state index in [9.17, 15) is 4.79 Å². The van der Waals surface area contributed by atoms with E-state index in [1.54, 1.807) is 4.68 Å². The lowest BCUT2D eigenvalue weighted by Gasteiger charge is -2.17. The van der Waals surface area contributed by atoms with Crippen LogP contribution in [0.5, 0.6) is 0 Å². The molecule has 29 heavy (non-hydrogen) atoms. The summed E-state index contributed by atoms with van der Waals surface area (Å²) in [4.78, 5) is 14.8. The van der Waals surface area contributed by atoms with Crippen molar-refractivity contribution in [2.24, 2.45) is 5.73 Å². The summed E-state index contributed by atoms with van der Waals surface area (Å²) >= 11 is 6.24. The zero-order chi connectivity index (χ0) is 19.8. The second kappa shape index (κ2) is 8.57. The van der Waals surface area contributed by atoms with Gasteiger partial charge in [0.05, 0.1) is 22.1 Å². The number of likely N-dealkylation sites (tertiary alicyclic amines) is 1. The molecule has 1 amide bonds. The predicted molar refractivity (Wildman–Crippen MR) is 118 cm³/mol. The molecule has 0 radical (unpaired) electrons. The SMILES string of the molecule is Cc1nn(-c2ccc(C(=O)N3C[C@@H](N)[C@H](c4ccccc4)C3)cc2)c(C)c1Cl.Cl. The van der Waals surface area contributed by atoms with Crippen LogP contribution in [0.15, 0.2) is 54.6 Å². The first-order chi connectivity index (χ1) is 13.5. The summed E-state index contributed by atoms with van der Waals surface area (Å²) in [5.41, 5.74) is 10.7. The maximum absolute atomic E-state index is 13.0. The molecule has 0 bridgehead atoms. The van der Waals surface area contributed by atoms with E-state index in [1.807, 2.05) is 61.2 Å². The number of rotatable bonds is 3. The number of hydrogen-bond acceptors (Lipinski definition) is 3. The highest BCUT2D eigenvalue weighted by atomic mass is 35.5. The topological polar surface area (TPSA) is 64.2 Å². The molecular weight excluding hydrogens is 407 g/mol. The Balaban J connectivity index is 0.00000240. The Hall–Kier alpha value is -2.34. The maximum atomic E-state index is 13.0. The lowest BCUT2D eigenvalue weighted by Crippen LogP contribution is -2.32. The second-order valence-corrected chi connectivity index (χ2v) is 7.71. The third kappa shape index (κ3) is 4.04. The molecule has 4 rings (SSSR count). The number of aromatic nitrogens is 2. The molecule has 1 saturated heterocycles. The van der Waals surface area contributed by atoms with Gasteiger partial charge >= 0.3 is 0 Å². The van der Waals surface area contributed by atoms with E-state index in [2.05, 4.69) is 17.2 Å². The summed E-state index contributed by atoms with van der Waals surface area (Å²) in [7, 11) is 0. The molecule has 1 aromatic heterocycles. The average molecular weight is 431 g/mol. The summed E-state index contributed by atoms with van der Waals surface area (Å²) in [6, 6.07) is 17.6. The van der Waals surface area contributed by atoms with Gasteiger partial charge in [-0.25, -0.2) is 4.68 Å². The van der Waals surface area contributed by atoms with Gasteiger partial charge in [-0.3, -0.25) is 4.79 Å².